The molecule has 6 heteroatoms. The molecule has 1 fully saturated rings. The highest BCUT2D eigenvalue weighted by molar-refractivity contribution is 6.42. The van der Waals surface area contributed by atoms with E-state index in [2.05, 4.69) is 10.6 Å². The van der Waals surface area contributed by atoms with Crippen molar-refractivity contribution in [3.63, 3.8) is 0 Å². The molecule has 0 saturated carbocycles. The van der Waals surface area contributed by atoms with Gasteiger partial charge in [-0.3, -0.25) is 9.59 Å². The van der Waals surface area contributed by atoms with Crippen LogP contribution in [-0.2, 0) is 16.0 Å². The van der Waals surface area contributed by atoms with Gasteiger partial charge < -0.3 is 10.6 Å². The van der Waals surface area contributed by atoms with Gasteiger partial charge in [-0.1, -0.05) is 29.3 Å². The summed E-state index contributed by atoms with van der Waals surface area (Å²) < 4.78 is 0. The molecule has 2 N–H and O–H groups in total. The second-order valence-electron chi connectivity index (χ2n) is 4.80. The van der Waals surface area contributed by atoms with Gasteiger partial charge in [0.05, 0.1) is 10.0 Å². The third-order valence-corrected chi connectivity index (χ3v) is 3.98. The molecule has 1 aromatic rings. The van der Waals surface area contributed by atoms with E-state index in [0.717, 1.165) is 18.4 Å². The molecule has 0 radical (unpaired) electrons. The molecule has 0 unspecified atom stereocenters. The Labute approximate surface area is 127 Å². The molecule has 108 valence electrons. The summed E-state index contributed by atoms with van der Waals surface area (Å²) >= 11 is 11.8. The lowest BCUT2D eigenvalue weighted by Crippen LogP contribution is -2.41. The summed E-state index contributed by atoms with van der Waals surface area (Å²) in [6, 6.07) is 5.16. The summed E-state index contributed by atoms with van der Waals surface area (Å²) in [5.41, 5.74) is 1.09. The Morgan fingerprint density at radius 1 is 1.35 bits per heavy atom. The zero-order chi connectivity index (χ0) is 14.5. The molecule has 1 aromatic carbocycles. The maximum atomic E-state index is 11.7. The Balaban J connectivity index is 1.69. The van der Waals surface area contributed by atoms with Crippen LogP contribution in [0.25, 0.3) is 0 Å². The van der Waals surface area contributed by atoms with Crippen LogP contribution in [0.4, 0.5) is 0 Å². The van der Waals surface area contributed by atoms with E-state index >= 15 is 0 Å². The number of amides is 2. The number of benzene rings is 1. The van der Waals surface area contributed by atoms with Gasteiger partial charge in [-0.25, -0.2) is 0 Å². The largest absolute Gasteiger partial charge is 0.354 e. The first kappa shape index (κ1) is 15.1. The smallest absolute Gasteiger partial charge is 0.242 e. The third-order valence-electron chi connectivity index (χ3n) is 3.24. The summed E-state index contributed by atoms with van der Waals surface area (Å²) in [7, 11) is 0. The number of hydrogen-bond donors (Lipinski definition) is 2. The number of rotatable bonds is 5. The van der Waals surface area contributed by atoms with Crippen LogP contribution < -0.4 is 10.6 Å². The van der Waals surface area contributed by atoms with Crippen molar-refractivity contribution in [3.8, 4) is 0 Å². The van der Waals surface area contributed by atoms with E-state index in [0.29, 0.717) is 29.4 Å². The molecule has 0 aromatic heterocycles. The Hall–Kier alpha value is -1.26. The fraction of sp³-hybridized carbons (Fsp3) is 0.429. The normalized spacial score (nSPS) is 17.9. The Morgan fingerprint density at radius 3 is 2.80 bits per heavy atom. The minimum Gasteiger partial charge on any atom is -0.354 e. The number of aryl methyl sites for hydroxylation is 1. The first-order valence-electron chi connectivity index (χ1n) is 6.57. The number of hydrogen-bond acceptors (Lipinski definition) is 2. The molecule has 0 spiro atoms. The zero-order valence-corrected chi connectivity index (χ0v) is 12.4. The van der Waals surface area contributed by atoms with Gasteiger partial charge in [0.15, 0.2) is 0 Å². The maximum absolute atomic E-state index is 11.7. The Kier molecular flexibility index (Phi) is 5.26. The van der Waals surface area contributed by atoms with Gasteiger partial charge in [0.2, 0.25) is 11.8 Å². The van der Waals surface area contributed by atoms with Gasteiger partial charge in [-0.2, -0.15) is 0 Å². The van der Waals surface area contributed by atoms with Crippen molar-refractivity contribution < 1.29 is 9.59 Å². The highest BCUT2D eigenvalue weighted by Crippen LogP contribution is 2.23. The second-order valence-corrected chi connectivity index (χ2v) is 5.62. The topological polar surface area (TPSA) is 58.2 Å². The first-order valence-corrected chi connectivity index (χ1v) is 7.33. The number of carbonyl (C=O) groups excluding carboxylic acids is 2. The van der Waals surface area contributed by atoms with Crippen molar-refractivity contribution >= 4 is 35.0 Å². The standard InChI is InChI=1S/C14H16Cl2N2O2/c15-10-4-3-9(8-11(10)16)2-1-7-17-14(20)12-5-6-13(19)18-12/h3-4,8,12H,1-2,5-7H2,(H,17,20)(H,18,19)/t12-/m1/s1. The molecule has 2 rings (SSSR count). The second kappa shape index (κ2) is 6.95. The van der Waals surface area contributed by atoms with Crippen LogP contribution in [0, 0.1) is 0 Å². The predicted octanol–water partition coefficient (Wildman–Crippen LogP) is 2.32. The van der Waals surface area contributed by atoms with Gasteiger partial charge >= 0.3 is 0 Å². The van der Waals surface area contributed by atoms with Gasteiger partial charge in [0.1, 0.15) is 6.04 Å². The van der Waals surface area contributed by atoms with Gasteiger partial charge in [-0.05, 0) is 37.0 Å². The summed E-state index contributed by atoms with van der Waals surface area (Å²) in [6.07, 6.45) is 2.64. The van der Waals surface area contributed by atoms with Crippen LogP contribution in [0.3, 0.4) is 0 Å². The summed E-state index contributed by atoms with van der Waals surface area (Å²) in [5, 5.41) is 6.56. The van der Waals surface area contributed by atoms with E-state index in [9.17, 15) is 9.59 Å². The Bertz CT molecular complexity index is 520. The van der Waals surface area contributed by atoms with Gasteiger partial charge in [-0.15, -0.1) is 0 Å². The molecular weight excluding hydrogens is 299 g/mol. The molecule has 1 heterocycles. The van der Waals surface area contributed by atoms with E-state index in [1.54, 1.807) is 6.07 Å². The monoisotopic (exact) mass is 314 g/mol. The van der Waals surface area contributed by atoms with E-state index in [1.807, 2.05) is 12.1 Å². The maximum Gasteiger partial charge on any atom is 0.242 e. The van der Waals surface area contributed by atoms with Crippen LogP contribution in [-0.4, -0.2) is 24.4 Å². The average Bonchev–Trinajstić information content (AvgIpc) is 2.85. The number of nitrogens with one attached hydrogen (secondary N) is 2. The lowest BCUT2D eigenvalue weighted by Gasteiger charge is -2.10. The average molecular weight is 315 g/mol. The molecule has 2 amide bonds. The minimum absolute atomic E-state index is 0.0547. The van der Waals surface area contributed by atoms with E-state index in [1.165, 1.54) is 0 Å². The lowest BCUT2D eigenvalue weighted by molar-refractivity contribution is -0.125. The quantitative estimate of drug-likeness (QED) is 0.819. The molecule has 0 bridgehead atoms. The summed E-state index contributed by atoms with van der Waals surface area (Å²) in [6.45, 7) is 0.575. The van der Waals surface area contributed by atoms with Crippen molar-refractivity contribution in [2.75, 3.05) is 6.54 Å². The van der Waals surface area contributed by atoms with E-state index < -0.39 is 0 Å². The van der Waals surface area contributed by atoms with Crippen molar-refractivity contribution in [1.82, 2.24) is 10.6 Å². The van der Waals surface area contributed by atoms with Crippen LogP contribution in [0.1, 0.15) is 24.8 Å². The fourth-order valence-electron chi connectivity index (χ4n) is 2.13. The summed E-state index contributed by atoms with van der Waals surface area (Å²) in [4.78, 5) is 22.8. The van der Waals surface area contributed by atoms with Crippen LogP contribution in [0.15, 0.2) is 18.2 Å². The molecule has 1 aliphatic rings. The van der Waals surface area contributed by atoms with Crippen molar-refractivity contribution in [2.45, 2.75) is 31.7 Å². The van der Waals surface area contributed by atoms with Crippen molar-refractivity contribution in [1.29, 1.82) is 0 Å². The lowest BCUT2D eigenvalue weighted by atomic mass is 10.1. The Morgan fingerprint density at radius 2 is 2.15 bits per heavy atom. The van der Waals surface area contributed by atoms with E-state index in [-0.39, 0.29) is 17.9 Å². The fourth-order valence-corrected chi connectivity index (χ4v) is 2.45. The summed E-state index contributed by atoms with van der Waals surface area (Å²) in [5.74, 6) is -0.161. The highest BCUT2D eigenvalue weighted by Gasteiger charge is 2.26. The van der Waals surface area contributed by atoms with Crippen LogP contribution in [0.5, 0.6) is 0 Å². The third kappa shape index (κ3) is 4.12. The molecule has 0 aliphatic carbocycles. The van der Waals surface area contributed by atoms with Gasteiger partial charge in [0, 0.05) is 13.0 Å². The van der Waals surface area contributed by atoms with Crippen LogP contribution in [0.2, 0.25) is 10.0 Å². The first-order chi connectivity index (χ1) is 9.56. The van der Waals surface area contributed by atoms with Crippen LogP contribution >= 0.6 is 23.2 Å². The zero-order valence-electron chi connectivity index (χ0n) is 10.9. The van der Waals surface area contributed by atoms with Crippen molar-refractivity contribution in [3.05, 3.63) is 33.8 Å². The molecule has 20 heavy (non-hydrogen) atoms. The molecular formula is C14H16Cl2N2O2. The molecule has 1 atom stereocenters. The predicted molar refractivity (Wildman–Crippen MR) is 79.0 cm³/mol. The minimum atomic E-state index is -0.368. The molecule has 4 nitrogen and oxygen atoms in total. The molecule has 1 saturated heterocycles. The van der Waals surface area contributed by atoms with Gasteiger partial charge in [0.25, 0.3) is 0 Å². The number of halogens is 2. The number of carbonyl (C=O) groups is 2. The molecule has 1 aliphatic heterocycles. The SMILES string of the molecule is O=C1CC[C@H](C(=O)NCCCc2ccc(Cl)c(Cl)c2)N1. The van der Waals surface area contributed by atoms with E-state index in [4.69, 9.17) is 23.2 Å². The highest BCUT2D eigenvalue weighted by atomic mass is 35.5. The van der Waals surface area contributed by atoms with Crippen molar-refractivity contribution in [2.24, 2.45) is 0 Å².